The van der Waals surface area contributed by atoms with Gasteiger partial charge in [-0.15, -0.1) is 11.3 Å². The molecule has 30 heavy (non-hydrogen) atoms. The highest BCUT2D eigenvalue weighted by Crippen LogP contribution is 2.75. The third-order valence-corrected chi connectivity index (χ3v) is 8.29. The maximum Gasteiger partial charge on any atom is 0.249 e. The van der Waals surface area contributed by atoms with Crippen LogP contribution in [0.2, 0.25) is 0 Å². The number of aromatic nitrogens is 1. The number of thiazole rings is 1. The first-order valence-corrected chi connectivity index (χ1v) is 11.6. The second-order valence-corrected chi connectivity index (χ2v) is 10.2. The van der Waals surface area contributed by atoms with Gasteiger partial charge in [0.25, 0.3) is 0 Å². The van der Waals surface area contributed by atoms with Crippen LogP contribution in [0.5, 0.6) is 0 Å². The summed E-state index contributed by atoms with van der Waals surface area (Å²) in [5.41, 5.74) is 5.90. The number of nitrogens with zero attached hydrogens (tertiary/aromatic N) is 1. The topological polar surface area (TPSA) is 91.3 Å². The molecule has 0 radical (unpaired) electrons. The molecule has 1 aromatic carbocycles. The molecule has 2 amide bonds. The molecule has 2 bridgehead atoms. The standard InChI is InChI=1S/C23H27N3O3S/c27-19(25-21-24-18(13-30-21)10-20(28)26-29)7-4-15-2-5-16(6-3-15)22-8-1-9-23(14-22)12-17(23)11-22/h2-3,5-6,13,17,29H,1,4,7-12,14H2,(H,26,28)(H,24,25,27). The maximum atomic E-state index is 12.3. The Morgan fingerprint density at radius 2 is 2.00 bits per heavy atom. The molecule has 2 aromatic rings. The second-order valence-electron chi connectivity index (χ2n) is 9.38. The number of carbonyl (C=O) groups excluding carboxylic acids is 2. The van der Waals surface area contributed by atoms with Gasteiger partial charge in [0.1, 0.15) is 0 Å². The number of anilines is 1. The smallest absolute Gasteiger partial charge is 0.249 e. The molecule has 3 unspecified atom stereocenters. The van der Waals surface area contributed by atoms with Crippen LogP contribution in [0.25, 0.3) is 0 Å². The lowest BCUT2D eigenvalue weighted by molar-refractivity contribution is -0.128. The molecule has 6 nitrogen and oxygen atoms in total. The first-order valence-electron chi connectivity index (χ1n) is 10.8. The molecule has 3 fully saturated rings. The number of nitrogens with one attached hydrogen (secondary N) is 2. The average Bonchev–Trinajstić information content (AvgIpc) is 3.07. The summed E-state index contributed by atoms with van der Waals surface area (Å²) in [7, 11) is 0. The molecule has 3 saturated carbocycles. The summed E-state index contributed by atoms with van der Waals surface area (Å²) in [4.78, 5) is 27.6. The molecule has 0 saturated heterocycles. The van der Waals surface area contributed by atoms with E-state index in [4.69, 9.17) is 5.21 Å². The van der Waals surface area contributed by atoms with Crippen LogP contribution in [0.4, 0.5) is 5.13 Å². The number of hydroxylamine groups is 1. The van der Waals surface area contributed by atoms with Crippen molar-refractivity contribution in [3.63, 3.8) is 0 Å². The van der Waals surface area contributed by atoms with E-state index in [1.807, 2.05) is 0 Å². The van der Waals surface area contributed by atoms with Crippen molar-refractivity contribution < 1.29 is 14.8 Å². The van der Waals surface area contributed by atoms with Crippen LogP contribution >= 0.6 is 11.3 Å². The minimum Gasteiger partial charge on any atom is -0.302 e. The Morgan fingerprint density at radius 1 is 1.17 bits per heavy atom. The number of aryl methyl sites for hydroxylation is 1. The summed E-state index contributed by atoms with van der Waals surface area (Å²) < 4.78 is 0. The van der Waals surface area contributed by atoms with Crippen LogP contribution in [0.3, 0.4) is 0 Å². The molecule has 0 aliphatic heterocycles. The van der Waals surface area contributed by atoms with Crippen molar-refractivity contribution in [1.29, 1.82) is 0 Å². The quantitative estimate of drug-likeness (QED) is 0.462. The number of hydrogen-bond acceptors (Lipinski definition) is 5. The van der Waals surface area contributed by atoms with Crippen molar-refractivity contribution in [3.05, 3.63) is 46.5 Å². The highest BCUT2D eigenvalue weighted by Gasteiger charge is 2.66. The molecular formula is C23H27N3O3S. The van der Waals surface area contributed by atoms with Gasteiger partial charge in [0.15, 0.2) is 5.13 Å². The lowest BCUT2D eigenvalue weighted by Gasteiger charge is -2.37. The van der Waals surface area contributed by atoms with Crippen LogP contribution in [0.15, 0.2) is 29.6 Å². The van der Waals surface area contributed by atoms with Crippen molar-refractivity contribution in [1.82, 2.24) is 10.5 Å². The normalized spacial score (nSPS) is 28.6. The van der Waals surface area contributed by atoms with Crippen molar-refractivity contribution in [2.24, 2.45) is 11.3 Å². The van der Waals surface area contributed by atoms with Crippen LogP contribution in [0.1, 0.15) is 61.8 Å². The summed E-state index contributed by atoms with van der Waals surface area (Å²) in [5, 5.41) is 13.5. The zero-order chi connectivity index (χ0) is 20.8. The van der Waals surface area contributed by atoms with Gasteiger partial charge >= 0.3 is 0 Å². The van der Waals surface area contributed by atoms with Gasteiger partial charge in [-0.05, 0) is 66.4 Å². The van der Waals surface area contributed by atoms with Gasteiger partial charge < -0.3 is 5.32 Å². The summed E-state index contributed by atoms with van der Waals surface area (Å²) in [6, 6.07) is 8.99. The molecule has 1 spiro atoms. The van der Waals surface area contributed by atoms with Crippen LogP contribution < -0.4 is 10.8 Å². The third kappa shape index (κ3) is 3.65. The number of amides is 2. The van der Waals surface area contributed by atoms with Gasteiger partial charge in [0.2, 0.25) is 11.8 Å². The molecule has 1 aromatic heterocycles. The van der Waals surface area contributed by atoms with E-state index in [-0.39, 0.29) is 12.3 Å². The number of benzene rings is 1. The molecule has 1 heterocycles. The monoisotopic (exact) mass is 425 g/mol. The van der Waals surface area contributed by atoms with E-state index in [9.17, 15) is 9.59 Å². The van der Waals surface area contributed by atoms with Crippen molar-refractivity contribution in [2.75, 3.05) is 5.32 Å². The summed E-state index contributed by atoms with van der Waals surface area (Å²) in [6.07, 6.45) is 9.47. The van der Waals surface area contributed by atoms with E-state index >= 15 is 0 Å². The minimum atomic E-state index is -0.529. The minimum absolute atomic E-state index is 0.0153. The molecule has 3 aliphatic rings. The van der Waals surface area contributed by atoms with E-state index in [0.29, 0.717) is 34.5 Å². The third-order valence-electron chi connectivity index (χ3n) is 7.49. The summed E-state index contributed by atoms with van der Waals surface area (Å²) in [5.74, 6) is 0.363. The molecule has 5 rings (SSSR count). The van der Waals surface area contributed by atoms with Crippen LogP contribution in [0, 0.1) is 11.3 Å². The Balaban J connectivity index is 1.14. The number of hydrogen-bond donors (Lipinski definition) is 3. The van der Waals surface area contributed by atoms with Crippen molar-refractivity contribution in [3.8, 4) is 0 Å². The van der Waals surface area contributed by atoms with Crippen LogP contribution in [-0.4, -0.2) is 22.0 Å². The second kappa shape index (κ2) is 7.46. The predicted octanol–water partition coefficient (Wildman–Crippen LogP) is 3.98. The first kappa shape index (κ1) is 19.7. The van der Waals surface area contributed by atoms with Crippen molar-refractivity contribution in [2.45, 2.75) is 63.2 Å². The maximum absolute atomic E-state index is 12.3. The Bertz CT molecular complexity index is 972. The van der Waals surface area contributed by atoms with Gasteiger partial charge in [-0.3, -0.25) is 14.8 Å². The fourth-order valence-electron chi connectivity index (χ4n) is 6.00. The van der Waals surface area contributed by atoms with Gasteiger partial charge in [0, 0.05) is 11.8 Å². The number of rotatable bonds is 7. The fraction of sp³-hybridized carbons (Fsp3) is 0.522. The van der Waals surface area contributed by atoms with Crippen molar-refractivity contribution >= 4 is 28.3 Å². The molecular weight excluding hydrogens is 398 g/mol. The van der Waals surface area contributed by atoms with Gasteiger partial charge in [-0.2, -0.15) is 0 Å². The number of carbonyl (C=O) groups is 2. The Kier molecular flexibility index (Phi) is 4.90. The number of fused-ring (bicyclic) bond motifs is 1. The van der Waals surface area contributed by atoms with E-state index in [1.54, 1.807) is 10.9 Å². The first-order chi connectivity index (χ1) is 14.5. The molecule has 158 valence electrons. The zero-order valence-electron chi connectivity index (χ0n) is 16.9. The SMILES string of the molecule is O=C(Cc1csc(NC(=O)CCc2ccc(C34CCCC5(CC5C3)C4)cc2)n1)NO. The Hall–Kier alpha value is -2.25. The highest BCUT2D eigenvalue weighted by atomic mass is 32.1. The zero-order valence-corrected chi connectivity index (χ0v) is 17.8. The van der Waals surface area contributed by atoms with Gasteiger partial charge in [-0.1, -0.05) is 30.7 Å². The Morgan fingerprint density at radius 3 is 2.80 bits per heavy atom. The summed E-state index contributed by atoms with van der Waals surface area (Å²) >= 11 is 1.27. The fourth-order valence-corrected chi connectivity index (χ4v) is 6.72. The molecule has 3 N–H and O–H groups in total. The predicted molar refractivity (Wildman–Crippen MR) is 114 cm³/mol. The largest absolute Gasteiger partial charge is 0.302 e. The average molecular weight is 426 g/mol. The molecule has 3 atom stereocenters. The van der Waals surface area contributed by atoms with Crippen LogP contribution in [-0.2, 0) is 27.8 Å². The van der Waals surface area contributed by atoms with E-state index in [0.717, 1.165) is 5.92 Å². The molecule has 7 heteroatoms. The Labute approximate surface area is 180 Å². The molecule has 3 aliphatic carbocycles. The van der Waals surface area contributed by atoms with Gasteiger partial charge in [-0.25, -0.2) is 10.5 Å². The van der Waals surface area contributed by atoms with E-state index in [1.165, 1.54) is 61.0 Å². The highest BCUT2D eigenvalue weighted by molar-refractivity contribution is 7.13. The van der Waals surface area contributed by atoms with E-state index in [2.05, 4.69) is 34.6 Å². The lowest BCUT2D eigenvalue weighted by Crippen LogP contribution is -2.29. The van der Waals surface area contributed by atoms with Gasteiger partial charge in [0.05, 0.1) is 12.1 Å². The summed E-state index contributed by atoms with van der Waals surface area (Å²) in [6.45, 7) is 0. The lowest BCUT2D eigenvalue weighted by atomic mass is 9.67. The van der Waals surface area contributed by atoms with E-state index < -0.39 is 5.91 Å².